The summed E-state index contributed by atoms with van der Waals surface area (Å²) in [4.78, 5) is 2.26. The van der Waals surface area contributed by atoms with E-state index in [0.29, 0.717) is 0 Å². The van der Waals surface area contributed by atoms with E-state index in [1.807, 2.05) is 36.4 Å². The lowest BCUT2D eigenvalue weighted by Gasteiger charge is -2.24. The molecule has 7 aromatic rings. The van der Waals surface area contributed by atoms with Gasteiger partial charge in [-0.25, -0.2) is 0 Å². The third-order valence-corrected chi connectivity index (χ3v) is 8.04. The minimum atomic E-state index is 1.17. The van der Waals surface area contributed by atoms with E-state index in [1.165, 1.54) is 61.4 Å². The molecule has 232 valence electrons. The standard InChI is InChI=1S/C32H27N.2C7H8/c1-24-10-9-13-28(22-24)26-16-18-27(19-17-26)31-23-29(25-11-5-3-6-12-25)20-21-32(31)33(2)30-14-7-4-8-15-30;2*1-7-5-3-2-4-6-7/h3-23H,1-2H3;2*2-6H,1H3. The van der Waals surface area contributed by atoms with Crippen molar-refractivity contribution < 1.29 is 0 Å². The van der Waals surface area contributed by atoms with Crippen LogP contribution in [-0.2, 0) is 0 Å². The molecule has 0 saturated heterocycles. The molecule has 0 heterocycles. The van der Waals surface area contributed by atoms with Gasteiger partial charge in [-0.3, -0.25) is 0 Å². The van der Waals surface area contributed by atoms with E-state index in [9.17, 15) is 0 Å². The van der Waals surface area contributed by atoms with Crippen LogP contribution in [0, 0.1) is 20.8 Å². The Labute approximate surface area is 281 Å². The van der Waals surface area contributed by atoms with E-state index in [-0.39, 0.29) is 0 Å². The number of benzene rings is 7. The molecule has 0 aliphatic heterocycles. The molecule has 0 saturated carbocycles. The molecule has 7 rings (SSSR count). The van der Waals surface area contributed by atoms with E-state index in [2.05, 4.69) is 184 Å². The summed E-state index contributed by atoms with van der Waals surface area (Å²) >= 11 is 0. The number of rotatable bonds is 5. The van der Waals surface area contributed by atoms with E-state index in [1.54, 1.807) is 0 Å². The van der Waals surface area contributed by atoms with Crippen LogP contribution in [0.4, 0.5) is 11.4 Å². The lowest BCUT2D eigenvalue weighted by atomic mass is 9.95. The zero-order valence-corrected chi connectivity index (χ0v) is 27.8. The predicted octanol–water partition coefficient (Wildman–Crippen LogP) is 12.8. The maximum atomic E-state index is 2.31. The molecule has 1 heteroatoms. The van der Waals surface area contributed by atoms with Gasteiger partial charge in [-0.2, -0.15) is 0 Å². The Kier molecular flexibility index (Phi) is 11.6. The number of aryl methyl sites for hydroxylation is 3. The molecule has 0 fully saturated rings. The summed E-state index contributed by atoms with van der Waals surface area (Å²) in [6.07, 6.45) is 0. The fourth-order valence-corrected chi connectivity index (χ4v) is 5.40. The summed E-state index contributed by atoms with van der Waals surface area (Å²) in [6, 6.07) is 66.0. The number of hydrogen-bond acceptors (Lipinski definition) is 1. The van der Waals surface area contributed by atoms with Gasteiger partial charge in [0.05, 0.1) is 0 Å². The van der Waals surface area contributed by atoms with Gasteiger partial charge < -0.3 is 4.90 Å². The molecule has 0 radical (unpaired) electrons. The minimum absolute atomic E-state index is 1.17. The topological polar surface area (TPSA) is 3.24 Å². The summed E-state index contributed by atoms with van der Waals surface area (Å²) in [6.45, 7) is 6.30. The van der Waals surface area contributed by atoms with Gasteiger partial charge in [-0.05, 0) is 72.9 Å². The molecular weight excluding hydrogens is 567 g/mol. The van der Waals surface area contributed by atoms with Crippen molar-refractivity contribution in [2.45, 2.75) is 20.8 Å². The Morgan fingerprint density at radius 3 is 1.23 bits per heavy atom. The van der Waals surface area contributed by atoms with E-state index < -0.39 is 0 Å². The number of nitrogens with zero attached hydrogens (tertiary/aromatic N) is 1. The summed E-state index contributed by atoms with van der Waals surface area (Å²) in [7, 11) is 2.14. The molecule has 0 aliphatic carbocycles. The first-order chi connectivity index (χ1) is 23.0. The summed E-state index contributed by atoms with van der Waals surface area (Å²) in [5.41, 5.74) is 13.6. The smallest absolute Gasteiger partial charge is 0.0488 e. The second-order valence-corrected chi connectivity index (χ2v) is 11.7. The maximum absolute atomic E-state index is 2.31. The van der Waals surface area contributed by atoms with Gasteiger partial charge >= 0.3 is 0 Å². The van der Waals surface area contributed by atoms with Crippen LogP contribution in [0.15, 0.2) is 188 Å². The third kappa shape index (κ3) is 9.42. The lowest BCUT2D eigenvalue weighted by Crippen LogP contribution is -2.10. The largest absolute Gasteiger partial charge is 0.344 e. The van der Waals surface area contributed by atoms with Crippen LogP contribution in [0.2, 0.25) is 0 Å². The molecule has 0 N–H and O–H groups in total. The van der Waals surface area contributed by atoms with Crippen molar-refractivity contribution in [3.05, 3.63) is 205 Å². The van der Waals surface area contributed by atoms with Crippen molar-refractivity contribution in [2.24, 2.45) is 0 Å². The summed E-state index contributed by atoms with van der Waals surface area (Å²) in [5.74, 6) is 0. The van der Waals surface area contributed by atoms with Gasteiger partial charge in [0.1, 0.15) is 0 Å². The number of anilines is 2. The van der Waals surface area contributed by atoms with E-state index in [0.717, 1.165) is 0 Å². The van der Waals surface area contributed by atoms with Crippen LogP contribution < -0.4 is 4.90 Å². The van der Waals surface area contributed by atoms with Crippen molar-refractivity contribution >= 4 is 11.4 Å². The van der Waals surface area contributed by atoms with Crippen LogP contribution in [0.25, 0.3) is 33.4 Å². The second-order valence-electron chi connectivity index (χ2n) is 11.7. The normalized spacial score (nSPS) is 10.1. The molecule has 0 atom stereocenters. The highest BCUT2D eigenvalue weighted by Crippen LogP contribution is 2.38. The molecule has 0 bridgehead atoms. The Balaban J connectivity index is 0.000000254. The van der Waals surface area contributed by atoms with Crippen molar-refractivity contribution in [3.8, 4) is 33.4 Å². The first-order valence-corrected chi connectivity index (χ1v) is 16.2. The van der Waals surface area contributed by atoms with Gasteiger partial charge in [0, 0.05) is 24.0 Å². The van der Waals surface area contributed by atoms with Crippen molar-refractivity contribution in [1.82, 2.24) is 0 Å². The molecule has 0 unspecified atom stereocenters. The first-order valence-electron chi connectivity index (χ1n) is 16.2. The minimum Gasteiger partial charge on any atom is -0.344 e. The molecule has 0 spiro atoms. The Bertz CT molecular complexity index is 1890. The fraction of sp³-hybridized carbons (Fsp3) is 0.0870. The number of hydrogen-bond donors (Lipinski definition) is 0. The van der Waals surface area contributed by atoms with E-state index >= 15 is 0 Å². The van der Waals surface area contributed by atoms with Crippen LogP contribution in [0.3, 0.4) is 0 Å². The molecule has 0 aliphatic rings. The van der Waals surface area contributed by atoms with Crippen LogP contribution >= 0.6 is 0 Å². The van der Waals surface area contributed by atoms with Gasteiger partial charge in [0.2, 0.25) is 0 Å². The average Bonchev–Trinajstić information content (AvgIpc) is 3.13. The molecule has 47 heavy (non-hydrogen) atoms. The van der Waals surface area contributed by atoms with Gasteiger partial charge in [-0.1, -0.05) is 180 Å². The Hall–Kier alpha value is -5.66. The van der Waals surface area contributed by atoms with Crippen LogP contribution in [-0.4, -0.2) is 7.05 Å². The lowest BCUT2D eigenvalue weighted by molar-refractivity contribution is 1.21. The first kappa shape index (κ1) is 32.7. The predicted molar refractivity (Wildman–Crippen MR) is 204 cm³/mol. The molecule has 1 nitrogen and oxygen atoms in total. The van der Waals surface area contributed by atoms with Crippen molar-refractivity contribution in [2.75, 3.05) is 11.9 Å². The highest BCUT2D eigenvalue weighted by Gasteiger charge is 2.13. The SMILES string of the molecule is Cc1cccc(-c2ccc(-c3cc(-c4ccccc4)ccc3N(C)c3ccccc3)cc2)c1.Cc1ccccc1.Cc1ccccc1. The average molecular weight is 610 g/mol. The molecule has 0 amide bonds. The van der Waals surface area contributed by atoms with Gasteiger partial charge in [0.15, 0.2) is 0 Å². The van der Waals surface area contributed by atoms with Crippen molar-refractivity contribution in [1.29, 1.82) is 0 Å². The maximum Gasteiger partial charge on any atom is 0.0488 e. The fourth-order valence-electron chi connectivity index (χ4n) is 5.40. The Morgan fingerprint density at radius 1 is 0.319 bits per heavy atom. The van der Waals surface area contributed by atoms with Crippen LogP contribution in [0.1, 0.15) is 16.7 Å². The van der Waals surface area contributed by atoms with Crippen molar-refractivity contribution in [3.63, 3.8) is 0 Å². The zero-order valence-electron chi connectivity index (χ0n) is 27.8. The van der Waals surface area contributed by atoms with Crippen LogP contribution in [0.5, 0.6) is 0 Å². The highest BCUT2D eigenvalue weighted by atomic mass is 15.1. The Morgan fingerprint density at radius 2 is 0.723 bits per heavy atom. The number of para-hydroxylation sites is 1. The van der Waals surface area contributed by atoms with E-state index in [4.69, 9.17) is 0 Å². The van der Waals surface area contributed by atoms with Gasteiger partial charge in [-0.15, -0.1) is 0 Å². The molecular formula is C46H43N. The molecule has 0 aromatic heterocycles. The second kappa shape index (κ2) is 16.6. The highest BCUT2D eigenvalue weighted by molar-refractivity contribution is 5.87. The zero-order chi connectivity index (χ0) is 32.8. The third-order valence-electron chi connectivity index (χ3n) is 8.04. The van der Waals surface area contributed by atoms with Gasteiger partial charge in [0.25, 0.3) is 0 Å². The summed E-state index contributed by atoms with van der Waals surface area (Å²) in [5, 5.41) is 0. The monoisotopic (exact) mass is 609 g/mol. The summed E-state index contributed by atoms with van der Waals surface area (Å²) < 4.78 is 0. The molecule has 7 aromatic carbocycles. The quantitative estimate of drug-likeness (QED) is 0.188.